The molecule has 0 spiro atoms. The Labute approximate surface area is 75.9 Å². The highest BCUT2D eigenvalue weighted by Crippen LogP contribution is 2.13. The van der Waals surface area contributed by atoms with Crippen LogP contribution in [0, 0.1) is 0 Å². The predicted molar refractivity (Wildman–Crippen MR) is 47.0 cm³/mol. The smallest absolute Gasteiger partial charge is 0.291 e. The van der Waals surface area contributed by atoms with Gasteiger partial charge in [0.25, 0.3) is 11.3 Å². The predicted octanol–water partition coefficient (Wildman–Crippen LogP) is 1.29. The summed E-state index contributed by atoms with van der Waals surface area (Å²) < 4.78 is 6.95. The van der Waals surface area contributed by atoms with E-state index in [1.807, 2.05) is 0 Å². The van der Waals surface area contributed by atoms with E-state index in [2.05, 4.69) is 20.9 Å². The van der Waals surface area contributed by atoms with Crippen LogP contribution >= 0.6 is 15.9 Å². The SMILES string of the molecule is Cn1oc2ncc(Br)cc2c1=O. The minimum Gasteiger partial charge on any atom is -0.356 e. The van der Waals surface area contributed by atoms with Gasteiger partial charge in [-0.3, -0.25) is 4.79 Å². The van der Waals surface area contributed by atoms with Crippen molar-refractivity contribution < 1.29 is 4.52 Å². The largest absolute Gasteiger partial charge is 0.356 e. The lowest BCUT2D eigenvalue weighted by Gasteiger charge is -1.84. The fraction of sp³-hybridized carbons (Fsp3) is 0.143. The molecule has 0 aliphatic rings. The van der Waals surface area contributed by atoms with Crippen molar-refractivity contribution in [3.05, 3.63) is 27.1 Å². The molecule has 4 nitrogen and oxygen atoms in total. The molecule has 0 unspecified atom stereocenters. The van der Waals surface area contributed by atoms with Crippen molar-refractivity contribution in [2.75, 3.05) is 0 Å². The number of hydrogen-bond acceptors (Lipinski definition) is 3. The average Bonchev–Trinajstić information content (AvgIpc) is 2.31. The highest BCUT2D eigenvalue weighted by Gasteiger charge is 2.06. The van der Waals surface area contributed by atoms with Crippen LogP contribution in [0.15, 0.2) is 26.1 Å². The topological polar surface area (TPSA) is 48.0 Å². The second kappa shape index (κ2) is 2.45. The molecule has 0 bridgehead atoms. The molecule has 0 radical (unpaired) electrons. The number of hydrogen-bond donors (Lipinski definition) is 0. The van der Waals surface area contributed by atoms with Crippen molar-refractivity contribution in [1.82, 2.24) is 9.72 Å². The second-order valence-corrected chi connectivity index (χ2v) is 3.32. The molecule has 0 aliphatic heterocycles. The van der Waals surface area contributed by atoms with E-state index >= 15 is 0 Å². The summed E-state index contributed by atoms with van der Waals surface area (Å²) in [6.45, 7) is 0. The molecule has 0 fully saturated rings. The highest BCUT2D eigenvalue weighted by molar-refractivity contribution is 9.10. The molecule has 0 saturated heterocycles. The fourth-order valence-electron chi connectivity index (χ4n) is 0.993. The lowest BCUT2D eigenvalue weighted by atomic mass is 10.4. The highest BCUT2D eigenvalue weighted by atomic mass is 79.9. The van der Waals surface area contributed by atoms with Crippen LogP contribution in [0.4, 0.5) is 0 Å². The Kier molecular flexibility index (Phi) is 1.54. The van der Waals surface area contributed by atoms with E-state index < -0.39 is 0 Å². The fourth-order valence-corrected chi connectivity index (χ4v) is 1.32. The number of pyridine rings is 1. The maximum absolute atomic E-state index is 11.3. The molecule has 2 aromatic heterocycles. The van der Waals surface area contributed by atoms with Gasteiger partial charge in [-0.05, 0) is 22.0 Å². The summed E-state index contributed by atoms with van der Waals surface area (Å²) >= 11 is 3.22. The number of nitrogens with zero attached hydrogens (tertiary/aromatic N) is 2. The van der Waals surface area contributed by atoms with Gasteiger partial charge in [0.1, 0.15) is 5.39 Å². The van der Waals surface area contributed by atoms with Crippen LogP contribution in [0.2, 0.25) is 0 Å². The Morgan fingerprint density at radius 1 is 1.67 bits per heavy atom. The average molecular weight is 229 g/mol. The molecule has 2 heterocycles. The number of halogens is 1. The van der Waals surface area contributed by atoms with Crippen LogP contribution in [0.25, 0.3) is 11.1 Å². The van der Waals surface area contributed by atoms with Gasteiger partial charge in [-0.1, -0.05) is 0 Å². The third kappa shape index (κ3) is 0.972. The molecule has 0 aromatic carbocycles. The maximum Gasteiger partial charge on any atom is 0.291 e. The summed E-state index contributed by atoms with van der Waals surface area (Å²) in [6.07, 6.45) is 1.59. The van der Waals surface area contributed by atoms with Crippen molar-refractivity contribution in [2.45, 2.75) is 0 Å². The molecule has 0 amide bonds. The Morgan fingerprint density at radius 3 is 3.17 bits per heavy atom. The van der Waals surface area contributed by atoms with Gasteiger partial charge in [-0.15, -0.1) is 0 Å². The first-order valence-electron chi connectivity index (χ1n) is 3.30. The number of aromatic nitrogens is 2. The normalized spacial score (nSPS) is 10.8. The van der Waals surface area contributed by atoms with E-state index in [1.165, 1.54) is 0 Å². The van der Waals surface area contributed by atoms with Gasteiger partial charge in [0.05, 0.1) is 0 Å². The lowest BCUT2D eigenvalue weighted by Crippen LogP contribution is -2.08. The van der Waals surface area contributed by atoms with Crippen LogP contribution < -0.4 is 5.56 Å². The monoisotopic (exact) mass is 228 g/mol. The van der Waals surface area contributed by atoms with E-state index in [-0.39, 0.29) is 5.56 Å². The van der Waals surface area contributed by atoms with E-state index in [0.717, 1.165) is 9.21 Å². The molecule has 2 rings (SSSR count). The van der Waals surface area contributed by atoms with Gasteiger partial charge >= 0.3 is 0 Å². The van der Waals surface area contributed by atoms with Gasteiger partial charge in [-0.2, -0.15) is 4.74 Å². The summed E-state index contributed by atoms with van der Waals surface area (Å²) in [7, 11) is 1.55. The first kappa shape index (κ1) is 7.54. The van der Waals surface area contributed by atoms with Crippen molar-refractivity contribution in [2.24, 2.45) is 7.05 Å². The Morgan fingerprint density at radius 2 is 2.42 bits per heavy atom. The molecule has 62 valence electrons. The van der Waals surface area contributed by atoms with Crippen LogP contribution in [0.1, 0.15) is 0 Å². The van der Waals surface area contributed by atoms with Gasteiger partial charge in [0, 0.05) is 17.7 Å². The summed E-state index contributed by atoms with van der Waals surface area (Å²) in [4.78, 5) is 15.2. The second-order valence-electron chi connectivity index (χ2n) is 2.40. The number of fused-ring (bicyclic) bond motifs is 1. The summed E-state index contributed by atoms with van der Waals surface area (Å²) in [5.74, 6) is 0. The summed E-state index contributed by atoms with van der Waals surface area (Å²) in [5.41, 5.74) is 0.199. The Bertz CT molecular complexity index is 486. The minimum atomic E-state index is -0.168. The van der Waals surface area contributed by atoms with E-state index in [0.29, 0.717) is 11.1 Å². The van der Waals surface area contributed by atoms with E-state index in [4.69, 9.17) is 4.52 Å². The van der Waals surface area contributed by atoms with Crippen LogP contribution in [0.5, 0.6) is 0 Å². The molecular weight excluding hydrogens is 224 g/mol. The summed E-state index contributed by atoms with van der Waals surface area (Å²) in [5, 5.41) is 0.492. The van der Waals surface area contributed by atoms with Crippen molar-refractivity contribution in [1.29, 1.82) is 0 Å². The van der Waals surface area contributed by atoms with Crippen LogP contribution in [-0.2, 0) is 7.05 Å². The van der Waals surface area contributed by atoms with E-state index in [1.54, 1.807) is 19.3 Å². The number of aryl methyl sites for hydroxylation is 1. The Balaban J connectivity index is 2.98. The van der Waals surface area contributed by atoms with Crippen molar-refractivity contribution in [3.8, 4) is 0 Å². The van der Waals surface area contributed by atoms with Crippen LogP contribution in [0.3, 0.4) is 0 Å². The molecule has 12 heavy (non-hydrogen) atoms. The molecule has 0 saturated carbocycles. The molecule has 2 aromatic rings. The zero-order valence-electron chi connectivity index (χ0n) is 6.24. The van der Waals surface area contributed by atoms with Crippen molar-refractivity contribution >= 4 is 27.0 Å². The van der Waals surface area contributed by atoms with Crippen LogP contribution in [-0.4, -0.2) is 9.72 Å². The zero-order valence-corrected chi connectivity index (χ0v) is 7.83. The molecular formula is C7H5BrN2O2. The van der Waals surface area contributed by atoms with Gasteiger partial charge in [0.15, 0.2) is 0 Å². The molecule has 5 heteroatoms. The van der Waals surface area contributed by atoms with Gasteiger partial charge in [0.2, 0.25) is 0 Å². The molecule has 0 aliphatic carbocycles. The maximum atomic E-state index is 11.3. The number of rotatable bonds is 0. The first-order valence-corrected chi connectivity index (χ1v) is 4.09. The summed E-state index contributed by atoms with van der Waals surface area (Å²) in [6, 6.07) is 1.69. The Hall–Kier alpha value is -1.10. The standard InChI is InChI=1S/C7H5BrN2O2/c1-10-7(11)5-2-4(8)3-9-6(5)12-10/h2-3H,1H3. The van der Waals surface area contributed by atoms with Gasteiger partial charge < -0.3 is 4.52 Å². The van der Waals surface area contributed by atoms with Crippen molar-refractivity contribution in [3.63, 3.8) is 0 Å². The molecule has 0 N–H and O–H groups in total. The zero-order chi connectivity index (χ0) is 8.72. The quantitative estimate of drug-likeness (QED) is 0.683. The van der Waals surface area contributed by atoms with Gasteiger partial charge in [-0.25, -0.2) is 4.98 Å². The molecule has 0 atom stereocenters. The minimum absolute atomic E-state index is 0.168. The van der Waals surface area contributed by atoms with E-state index in [9.17, 15) is 4.79 Å². The third-order valence-electron chi connectivity index (χ3n) is 1.56. The lowest BCUT2D eigenvalue weighted by molar-refractivity contribution is 0.319. The first-order chi connectivity index (χ1) is 5.68. The third-order valence-corrected chi connectivity index (χ3v) is 1.99.